The molecule has 0 saturated carbocycles. The Morgan fingerprint density at radius 3 is 2.63 bits per heavy atom. The van der Waals surface area contributed by atoms with E-state index < -0.39 is 0 Å². The van der Waals surface area contributed by atoms with Gasteiger partial charge in [-0.3, -0.25) is 5.32 Å². The Balaban J connectivity index is 1.69. The topological polar surface area (TPSA) is 81.1 Å². The number of hydrogen-bond acceptors (Lipinski definition) is 5. The summed E-state index contributed by atoms with van der Waals surface area (Å²) in [5.74, 6) is 1.37. The fourth-order valence-electron chi connectivity index (χ4n) is 2.63. The molecular weight excluding hydrogens is 362 g/mol. The van der Waals surface area contributed by atoms with E-state index in [1.165, 1.54) is 0 Å². The second-order valence-electron chi connectivity index (χ2n) is 6.06. The maximum absolute atomic E-state index is 12.4. The molecule has 2 aromatic heterocycles. The predicted octanol–water partition coefficient (Wildman–Crippen LogP) is 3.84. The molecule has 0 atom stereocenters. The molecular formula is C19H23N5O2S. The van der Waals surface area contributed by atoms with Crippen LogP contribution in [0.5, 0.6) is 5.75 Å². The second kappa shape index (κ2) is 8.22. The third kappa shape index (κ3) is 4.46. The van der Waals surface area contributed by atoms with E-state index in [9.17, 15) is 4.79 Å². The maximum atomic E-state index is 12.4. The zero-order chi connectivity index (χ0) is 19.4. The number of thiazole rings is 1. The Hall–Kier alpha value is -2.87. The maximum Gasteiger partial charge on any atom is 0.320 e. The molecule has 2 N–H and O–H groups in total. The second-order valence-corrected chi connectivity index (χ2v) is 7.23. The van der Waals surface area contributed by atoms with E-state index in [1.807, 2.05) is 44.2 Å². The fraction of sp³-hybridized carbons (Fsp3) is 0.316. The van der Waals surface area contributed by atoms with E-state index in [1.54, 1.807) is 23.1 Å². The first-order valence-electron chi connectivity index (χ1n) is 8.71. The number of anilines is 1. The summed E-state index contributed by atoms with van der Waals surface area (Å²) in [7, 11) is 1.62. The molecule has 0 aliphatic rings. The van der Waals surface area contributed by atoms with Crippen LogP contribution >= 0.6 is 11.3 Å². The quantitative estimate of drug-likeness (QED) is 0.675. The average molecular weight is 385 g/mol. The Morgan fingerprint density at radius 1 is 1.26 bits per heavy atom. The molecule has 0 saturated heterocycles. The molecule has 142 valence electrons. The van der Waals surface area contributed by atoms with E-state index in [4.69, 9.17) is 4.74 Å². The van der Waals surface area contributed by atoms with E-state index in [0.29, 0.717) is 12.4 Å². The Labute approximate surface area is 162 Å². The third-order valence-corrected chi connectivity index (χ3v) is 5.34. The summed E-state index contributed by atoms with van der Waals surface area (Å²) < 4.78 is 6.88. The molecule has 3 rings (SSSR count). The van der Waals surface area contributed by atoms with Crippen LogP contribution in [0.15, 0.2) is 30.3 Å². The highest BCUT2D eigenvalue weighted by atomic mass is 32.1. The summed E-state index contributed by atoms with van der Waals surface area (Å²) in [6.45, 7) is 6.37. The van der Waals surface area contributed by atoms with Gasteiger partial charge in [0.1, 0.15) is 11.6 Å². The first-order chi connectivity index (χ1) is 13.0. The van der Waals surface area contributed by atoms with Crippen molar-refractivity contribution in [3.8, 4) is 11.4 Å². The summed E-state index contributed by atoms with van der Waals surface area (Å²) in [5.41, 5.74) is 2.62. The summed E-state index contributed by atoms with van der Waals surface area (Å²) >= 11 is 1.63. The van der Waals surface area contributed by atoms with Crippen molar-refractivity contribution in [2.24, 2.45) is 0 Å². The normalized spacial score (nSPS) is 10.7. The van der Waals surface area contributed by atoms with E-state index >= 15 is 0 Å². The summed E-state index contributed by atoms with van der Waals surface area (Å²) in [6, 6.07) is 9.04. The molecule has 7 nitrogen and oxygen atoms in total. The van der Waals surface area contributed by atoms with Crippen LogP contribution in [0.3, 0.4) is 0 Å². The largest absolute Gasteiger partial charge is 0.497 e. The van der Waals surface area contributed by atoms with Gasteiger partial charge in [0.25, 0.3) is 0 Å². The van der Waals surface area contributed by atoms with Gasteiger partial charge in [0.05, 0.1) is 35.7 Å². The van der Waals surface area contributed by atoms with Gasteiger partial charge >= 0.3 is 6.03 Å². The number of aromatic nitrogens is 3. The van der Waals surface area contributed by atoms with Crippen LogP contribution in [0.1, 0.15) is 28.2 Å². The van der Waals surface area contributed by atoms with Crippen LogP contribution in [0.25, 0.3) is 5.69 Å². The van der Waals surface area contributed by atoms with Crippen molar-refractivity contribution in [2.75, 3.05) is 12.4 Å². The van der Waals surface area contributed by atoms with Crippen molar-refractivity contribution in [1.29, 1.82) is 0 Å². The average Bonchev–Trinajstić information content (AvgIpc) is 3.22. The minimum atomic E-state index is -0.282. The van der Waals surface area contributed by atoms with Crippen molar-refractivity contribution in [3.63, 3.8) is 0 Å². The minimum Gasteiger partial charge on any atom is -0.497 e. The number of ether oxygens (including phenoxy) is 1. The molecule has 0 spiro atoms. The first-order valence-corrected chi connectivity index (χ1v) is 9.53. The van der Waals surface area contributed by atoms with Gasteiger partial charge in [-0.1, -0.05) is 6.92 Å². The summed E-state index contributed by atoms with van der Waals surface area (Å²) in [4.78, 5) is 17.9. The van der Waals surface area contributed by atoms with Gasteiger partial charge in [0.2, 0.25) is 0 Å². The van der Waals surface area contributed by atoms with Crippen LogP contribution in [0, 0.1) is 13.8 Å². The number of carbonyl (C=O) groups excluding carboxylic acids is 1. The zero-order valence-electron chi connectivity index (χ0n) is 15.9. The van der Waals surface area contributed by atoms with Gasteiger partial charge in [-0.25, -0.2) is 14.5 Å². The number of nitrogens with one attached hydrogen (secondary N) is 2. The minimum absolute atomic E-state index is 0.282. The highest BCUT2D eigenvalue weighted by Crippen LogP contribution is 2.21. The molecule has 0 radical (unpaired) electrons. The molecule has 27 heavy (non-hydrogen) atoms. The summed E-state index contributed by atoms with van der Waals surface area (Å²) in [6.07, 6.45) is 0.901. The zero-order valence-corrected chi connectivity index (χ0v) is 16.7. The number of aryl methyl sites for hydroxylation is 3. The molecule has 0 unspecified atom stereocenters. The lowest BCUT2D eigenvalue weighted by molar-refractivity contribution is 0.251. The van der Waals surface area contributed by atoms with E-state index in [2.05, 4.69) is 27.6 Å². The monoisotopic (exact) mass is 385 g/mol. The molecule has 0 bridgehead atoms. The Kier molecular flexibility index (Phi) is 5.75. The highest BCUT2D eigenvalue weighted by Gasteiger charge is 2.12. The number of rotatable bonds is 6. The van der Waals surface area contributed by atoms with Gasteiger partial charge in [0, 0.05) is 10.9 Å². The molecule has 1 aromatic carbocycles. The molecule has 8 heteroatoms. The number of amides is 2. The smallest absolute Gasteiger partial charge is 0.320 e. The standard InChI is InChI=1S/C19H23N5O2S/c1-5-18-21-13(3)16(27-18)11-20-19(25)22-17-10-12(2)23-24(17)14-6-8-15(26-4)9-7-14/h6-10H,5,11H2,1-4H3,(H2,20,22,25). The van der Waals surface area contributed by atoms with Gasteiger partial charge in [-0.2, -0.15) is 5.10 Å². The number of benzene rings is 1. The number of hydrogen-bond donors (Lipinski definition) is 2. The van der Waals surface area contributed by atoms with Crippen LogP contribution in [0.2, 0.25) is 0 Å². The molecule has 3 aromatic rings. The van der Waals surface area contributed by atoms with Crippen LogP contribution in [0.4, 0.5) is 10.6 Å². The van der Waals surface area contributed by atoms with Crippen molar-refractivity contribution < 1.29 is 9.53 Å². The molecule has 2 heterocycles. The highest BCUT2D eigenvalue weighted by molar-refractivity contribution is 7.11. The lowest BCUT2D eigenvalue weighted by atomic mass is 10.3. The van der Waals surface area contributed by atoms with Crippen LogP contribution in [-0.2, 0) is 13.0 Å². The molecule has 2 amide bonds. The van der Waals surface area contributed by atoms with Gasteiger partial charge in [-0.05, 0) is 44.5 Å². The molecule has 0 fully saturated rings. The first kappa shape index (κ1) is 18.9. The van der Waals surface area contributed by atoms with Gasteiger partial charge in [0.15, 0.2) is 0 Å². The van der Waals surface area contributed by atoms with Crippen LogP contribution < -0.4 is 15.4 Å². The van der Waals surface area contributed by atoms with Crippen molar-refractivity contribution in [3.05, 3.63) is 51.6 Å². The molecule has 0 aliphatic heterocycles. The van der Waals surface area contributed by atoms with Crippen LogP contribution in [-0.4, -0.2) is 27.9 Å². The Bertz CT molecular complexity index is 930. The van der Waals surface area contributed by atoms with Crippen molar-refractivity contribution in [2.45, 2.75) is 33.7 Å². The number of methoxy groups -OCH3 is 1. The molecule has 0 aliphatic carbocycles. The van der Waals surface area contributed by atoms with E-state index in [-0.39, 0.29) is 6.03 Å². The Morgan fingerprint density at radius 2 is 2.00 bits per heavy atom. The van der Waals surface area contributed by atoms with Gasteiger partial charge in [-0.15, -0.1) is 11.3 Å². The predicted molar refractivity (Wildman–Crippen MR) is 107 cm³/mol. The SMILES string of the molecule is CCc1nc(C)c(CNC(=O)Nc2cc(C)nn2-c2ccc(OC)cc2)s1. The lowest BCUT2D eigenvalue weighted by Gasteiger charge is -2.10. The number of nitrogens with zero attached hydrogens (tertiary/aromatic N) is 3. The number of urea groups is 1. The summed E-state index contributed by atoms with van der Waals surface area (Å²) in [5, 5.41) is 11.3. The van der Waals surface area contributed by atoms with E-state index in [0.717, 1.165) is 39.1 Å². The van der Waals surface area contributed by atoms with Crippen molar-refractivity contribution in [1.82, 2.24) is 20.1 Å². The fourth-order valence-corrected chi connectivity index (χ4v) is 3.58. The number of carbonyl (C=O) groups is 1. The van der Waals surface area contributed by atoms with Crippen molar-refractivity contribution >= 4 is 23.2 Å². The lowest BCUT2D eigenvalue weighted by Crippen LogP contribution is -2.29. The third-order valence-electron chi connectivity index (χ3n) is 4.04. The van der Waals surface area contributed by atoms with Gasteiger partial charge < -0.3 is 10.1 Å².